The summed E-state index contributed by atoms with van der Waals surface area (Å²) in [7, 11) is 0. The van der Waals surface area contributed by atoms with Crippen molar-refractivity contribution in [2.45, 2.75) is 44.3 Å². The molecule has 0 unspecified atom stereocenters. The largest absolute Gasteiger partial charge is 0.459 e. The number of benzene rings is 1. The van der Waals surface area contributed by atoms with E-state index >= 15 is 0 Å². The Balaban J connectivity index is 1.58. The number of nitrogens with zero attached hydrogens (tertiary/aromatic N) is 2. The van der Waals surface area contributed by atoms with Crippen molar-refractivity contribution in [3.05, 3.63) is 48.4 Å². The molecular formula is C20H24N4O3S. The first kappa shape index (κ1) is 20.0. The fourth-order valence-corrected chi connectivity index (χ4v) is 3.68. The minimum atomic E-state index is -0.494. The summed E-state index contributed by atoms with van der Waals surface area (Å²) >= 11 is 1.36. The van der Waals surface area contributed by atoms with Gasteiger partial charge in [-0.2, -0.15) is 0 Å². The number of aryl methyl sites for hydroxylation is 1. The topological polar surface area (TPSA) is 89.2 Å². The van der Waals surface area contributed by atoms with Gasteiger partial charge in [0.2, 0.25) is 5.91 Å². The summed E-state index contributed by atoms with van der Waals surface area (Å²) in [4.78, 5) is 28.5. The molecule has 3 aromatic rings. The standard InChI is InChI=1S/C20H24N4O3S/c1-2-3-4-7-12-24-16-10-6-5-9-15(16)21-20(24)28-14-18(25)22-23-19(26)17-11-8-13-27-17/h5-6,8-11,13H,2-4,7,12,14H2,1H3,(H,22,25)(H,23,26). The number of aromatic nitrogens is 2. The van der Waals surface area contributed by atoms with E-state index in [1.165, 1.54) is 43.4 Å². The molecule has 0 aliphatic heterocycles. The van der Waals surface area contributed by atoms with Crippen LogP contribution in [0.15, 0.2) is 52.2 Å². The summed E-state index contributed by atoms with van der Waals surface area (Å²) < 4.78 is 7.15. The van der Waals surface area contributed by atoms with E-state index in [1.54, 1.807) is 6.07 Å². The van der Waals surface area contributed by atoms with Crippen LogP contribution >= 0.6 is 11.8 Å². The van der Waals surface area contributed by atoms with Gasteiger partial charge in [0.25, 0.3) is 0 Å². The smallest absolute Gasteiger partial charge is 0.305 e. The molecule has 0 radical (unpaired) electrons. The van der Waals surface area contributed by atoms with Crippen LogP contribution in [-0.4, -0.2) is 27.1 Å². The number of fused-ring (bicyclic) bond motifs is 1. The lowest BCUT2D eigenvalue weighted by molar-refractivity contribution is -0.119. The molecule has 0 bridgehead atoms. The molecule has 2 amide bonds. The van der Waals surface area contributed by atoms with Gasteiger partial charge in [0.05, 0.1) is 23.0 Å². The van der Waals surface area contributed by atoms with E-state index in [0.29, 0.717) is 0 Å². The van der Waals surface area contributed by atoms with Gasteiger partial charge in [0.1, 0.15) is 0 Å². The number of para-hydroxylation sites is 2. The van der Waals surface area contributed by atoms with Crippen LogP contribution in [0, 0.1) is 0 Å². The average molecular weight is 401 g/mol. The highest BCUT2D eigenvalue weighted by atomic mass is 32.2. The Kier molecular flexibility index (Phi) is 7.13. The average Bonchev–Trinajstić information content (AvgIpc) is 3.36. The predicted octanol–water partition coefficient (Wildman–Crippen LogP) is 3.76. The van der Waals surface area contributed by atoms with E-state index in [1.807, 2.05) is 18.2 Å². The second-order valence-corrected chi connectivity index (χ2v) is 7.31. The van der Waals surface area contributed by atoms with E-state index < -0.39 is 5.91 Å². The minimum absolute atomic E-state index is 0.141. The first-order valence-corrected chi connectivity index (χ1v) is 10.4. The lowest BCUT2D eigenvalue weighted by Crippen LogP contribution is -2.42. The maximum Gasteiger partial charge on any atom is 0.305 e. The van der Waals surface area contributed by atoms with E-state index in [9.17, 15) is 9.59 Å². The molecule has 2 N–H and O–H groups in total. The van der Waals surface area contributed by atoms with Gasteiger partial charge in [-0.15, -0.1) is 0 Å². The molecular weight excluding hydrogens is 376 g/mol. The van der Waals surface area contributed by atoms with Crippen molar-refractivity contribution < 1.29 is 14.0 Å². The monoisotopic (exact) mass is 400 g/mol. The summed E-state index contributed by atoms with van der Waals surface area (Å²) in [5.41, 5.74) is 6.74. The third-order valence-corrected chi connectivity index (χ3v) is 5.22. The second-order valence-electron chi connectivity index (χ2n) is 6.36. The summed E-state index contributed by atoms with van der Waals surface area (Å²) in [5.74, 6) is -0.515. The number of nitrogens with one attached hydrogen (secondary N) is 2. The number of furan rings is 1. The van der Waals surface area contributed by atoms with Crippen LogP contribution in [0.3, 0.4) is 0 Å². The van der Waals surface area contributed by atoms with Gasteiger partial charge in [-0.05, 0) is 30.7 Å². The normalized spacial score (nSPS) is 10.9. The number of hydrazine groups is 1. The number of carbonyl (C=O) groups is 2. The molecule has 2 aromatic heterocycles. The number of carbonyl (C=O) groups excluding carboxylic acids is 2. The zero-order valence-corrected chi connectivity index (χ0v) is 16.6. The minimum Gasteiger partial charge on any atom is -0.459 e. The van der Waals surface area contributed by atoms with E-state index in [4.69, 9.17) is 4.42 Å². The van der Waals surface area contributed by atoms with E-state index in [0.717, 1.165) is 29.2 Å². The molecule has 3 rings (SSSR count). The van der Waals surface area contributed by atoms with Crippen LogP contribution < -0.4 is 10.9 Å². The number of hydrogen-bond acceptors (Lipinski definition) is 5. The van der Waals surface area contributed by atoms with E-state index in [2.05, 4.69) is 33.4 Å². The van der Waals surface area contributed by atoms with Crippen molar-refractivity contribution in [3.63, 3.8) is 0 Å². The van der Waals surface area contributed by atoms with E-state index in [-0.39, 0.29) is 17.4 Å². The molecule has 2 heterocycles. The maximum absolute atomic E-state index is 12.1. The Hall–Kier alpha value is -2.74. The van der Waals surface area contributed by atoms with Gasteiger partial charge in [0.15, 0.2) is 10.9 Å². The van der Waals surface area contributed by atoms with Gasteiger partial charge in [-0.3, -0.25) is 20.4 Å². The molecule has 1 aromatic carbocycles. The van der Waals surface area contributed by atoms with Gasteiger partial charge >= 0.3 is 5.91 Å². The van der Waals surface area contributed by atoms with Gasteiger partial charge in [-0.25, -0.2) is 4.98 Å². The predicted molar refractivity (Wildman–Crippen MR) is 109 cm³/mol. The fourth-order valence-electron chi connectivity index (χ4n) is 2.84. The van der Waals surface area contributed by atoms with Crippen LogP contribution in [0.25, 0.3) is 11.0 Å². The second kappa shape index (κ2) is 9.98. The Labute approximate surface area is 167 Å². The highest BCUT2D eigenvalue weighted by molar-refractivity contribution is 7.99. The maximum atomic E-state index is 12.1. The zero-order valence-electron chi connectivity index (χ0n) is 15.8. The lowest BCUT2D eigenvalue weighted by Gasteiger charge is -2.09. The third-order valence-electron chi connectivity index (χ3n) is 4.25. The molecule has 8 heteroatoms. The molecule has 28 heavy (non-hydrogen) atoms. The molecule has 0 aliphatic carbocycles. The van der Waals surface area contributed by atoms with Crippen LogP contribution in [-0.2, 0) is 11.3 Å². The number of hydrogen-bond donors (Lipinski definition) is 2. The molecule has 0 fully saturated rings. The molecule has 0 aliphatic rings. The molecule has 0 atom stereocenters. The van der Waals surface area contributed by atoms with Crippen LogP contribution in [0.4, 0.5) is 0 Å². The first-order chi connectivity index (χ1) is 13.7. The van der Waals surface area contributed by atoms with Crippen molar-refractivity contribution in [2.24, 2.45) is 0 Å². The molecule has 7 nitrogen and oxygen atoms in total. The quantitative estimate of drug-likeness (QED) is 0.324. The Morgan fingerprint density at radius 2 is 1.96 bits per heavy atom. The first-order valence-electron chi connectivity index (χ1n) is 9.39. The van der Waals surface area contributed by atoms with Crippen LogP contribution in [0.1, 0.15) is 43.2 Å². The number of imidazole rings is 1. The summed E-state index contributed by atoms with van der Waals surface area (Å²) in [5, 5.41) is 0.810. The third kappa shape index (κ3) is 5.16. The molecule has 0 saturated heterocycles. The SMILES string of the molecule is CCCCCCn1c(SCC(=O)NNC(=O)c2ccco2)nc2ccccc21. The van der Waals surface area contributed by atoms with Gasteiger partial charge in [-0.1, -0.05) is 50.1 Å². The number of amides is 2. The summed E-state index contributed by atoms with van der Waals surface area (Å²) in [6.45, 7) is 3.07. The number of thioether (sulfide) groups is 1. The summed E-state index contributed by atoms with van der Waals surface area (Å²) in [6.07, 6.45) is 6.06. The summed E-state index contributed by atoms with van der Waals surface area (Å²) in [6, 6.07) is 11.1. The Morgan fingerprint density at radius 3 is 2.75 bits per heavy atom. The number of rotatable bonds is 9. The highest BCUT2D eigenvalue weighted by Crippen LogP contribution is 2.24. The van der Waals surface area contributed by atoms with Crippen LogP contribution in [0.2, 0.25) is 0 Å². The fraction of sp³-hybridized carbons (Fsp3) is 0.350. The van der Waals surface area contributed by atoms with Crippen molar-refractivity contribution in [2.75, 3.05) is 5.75 Å². The van der Waals surface area contributed by atoms with Gasteiger partial charge < -0.3 is 8.98 Å². The zero-order chi connectivity index (χ0) is 19.8. The highest BCUT2D eigenvalue weighted by Gasteiger charge is 2.14. The van der Waals surface area contributed by atoms with Crippen molar-refractivity contribution in [3.8, 4) is 0 Å². The Bertz CT molecular complexity index is 921. The van der Waals surface area contributed by atoms with Gasteiger partial charge in [0, 0.05) is 6.54 Å². The van der Waals surface area contributed by atoms with Crippen LogP contribution in [0.5, 0.6) is 0 Å². The van der Waals surface area contributed by atoms with Crippen molar-refractivity contribution in [1.82, 2.24) is 20.4 Å². The molecule has 0 spiro atoms. The molecule has 0 saturated carbocycles. The molecule has 148 valence electrons. The van der Waals surface area contributed by atoms with Crippen molar-refractivity contribution in [1.29, 1.82) is 0 Å². The lowest BCUT2D eigenvalue weighted by atomic mass is 10.2. The van der Waals surface area contributed by atoms with Crippen molar-refractivity contribution >= 4 is 34.6 Å². The Morgan fingerprint density at radius 1 is 1.11 bits per heavy atom. The number of unbranched alkanes of at least 4 members (excludes halogenated alkanes) is 3.